The first-order valence-electron chi connectivity index (χ1n) is 4.53. The van der Waals surface area contributed by atoms with Gasteiger partial charge in [-0.1, -0.05) is 6.92 Å². The summed E-state index contributed by atoms with van der Waals surface area (Å²) in [7, 11) is 0. The number of hydrogen-bond donors (Lipinski definition) is 0. The van der Waals surface area contributed by atoms with Crippen LogP contribution in [0.1, 0.15) is 19.4 Å². The SMILES string of the molecule is CCOC[n+]1ccc(CC)c(Br)c1. The van der Waals surface area contributed by atoms with E-state index in [1.54, 1.807) is 0 Å². The van der Waals surface area contributed by atoms with Crippen LogP contribution in [0.15, 0.2) is 22.9 Å². The van der Waals surface area contributed by atoms with E-state index >= 15 is 0 Å². The van der Waals surface area contributed by atoms with Gasteiger partial charge >= 0.3 is 0 Å². The van der Waals surface area contributed by atoms with E-state index in [0.717, 1.165) is 17.5 Å². The van der Waals surface area contributed by atoms with E-state index < -0.39 is 0 Å². The van der Waals surface area contributed by atoms with E-state index in [1.165, 1.54) is 5.56 Å². The number of halogens is 1. The molecule has 0 bridgehead atoms. The van der Waals surface area contributed by atoms with E-state index in [1.807, 2.05) is 17.7 Å². The van der Waals surface area contributed by atoms with Crippen LogP contribution in [0.2, 0.25) is 0 Å². The highest BCUT2D eigenvalue weighted by molar-refractivity contribution is 9.10. The topological polar surface area (TPSA) is 13.1 Å². The van der Waals surface area contributed by atoms with Crippen molar-refractivity contribution in [1.29, 1.82) is 0 Å². The second-order valence-corrected chi connectivity index (χ2v) is 3.66. The van der Waals surface area contributed by atoms with Gasteiger partial charge in [-0.15, -0.1) is 0 Å². The molecule has 2 nitrogen and oxygen atoms in total. The molecule has 1 aromatic heterocycles. The van der Waals surface area contributed by atoms with Crippen LogP contribution in [0.25, 0.3) is 0 Å². The smallest absolute Gasteiger partial charge is 0.252 e. The van der Waals surface area contributed by atoms with Gasteiger partial charge in [-0.25, -0.2) is 0 Å². The lowest BCUT2D eigenvalue weighted by molar-refractivity contribution is -0.733. The van der Waals surface area contributed by atoms with E-state index in [-0.39, 0.29) is 0 Å². The minimum absolute atomic E-state index is 0.624. The van der Waals surface area contributed by atoms with Crippen LogP contribution in [-0.2, 0) is 17.9 Å². The normalized spacial score (nSPS) is 10.4. The fraction of sp³-hybridized carbons (Fsp3) is 0.500. The third kappa shape index (κ3) is 3.08. The summed E-state index contributed by atoms with van der Waals surface area (Å²) in [5.41, 5.74) is 1.33. The largest absolute Gasteiger partial charge is 0.324 e. The number of pyridine rings is 1. The molecule has 72 valence electrons. The van der Waals surface area contributed by atoms with Crippen LogP contribution < -0.4 is 4.57 Å². The average molecular weight is 245 g/mol. The minimum atomic E-state index is 0.624. The Morgan fingerprint density at radius 1 is 1.46 bits per heavy atom. The van der Waals surface area contributed by atoms with Crippen LogP contribution in [0, 0.1) is 0 Å². The predicted molar refractivity (Wildman–Crippen MR) is 55.3 cm³/mol. The first-order chi connectivity index (χ1) is 6.27. The molecule has 0 amide bonds. The van der Waals surface area contributed by atoms with Crippen molar-refractivity contribution in [2.45, 2.75) is 27.0 Å². The molecule has 13 heavy (non-hydrogen) atoms. The van der Waals surface area contributed by atoms with E-state index in [9.17, 15) is 0 Å². The molecule has 0 saturated heterocycles. The molecule has 0 N–H and O–H groups in total. The zero-order valence-corrected chi connectivity index (χ0v) is 9.67. The summed E-state index contributed by atoms with van der Waals surface area (Å²) in [4.78, 5) is 0. The Labute approximate surface area is 87.7 Å². The average Bonchev–Trinajstić information content (AvgIpc) is 2.15. The lowest BCUT2D eigenvalue weighted by Gasteiger charge is -2.00. The molecule has 0 spiro atoms. The van der Waals surface area contributed by atoms with Gasteiger partial charge in [0, 0.05) is 6.07 Å². The van der Waals surface area contributed by atoms with Gasteiger partial charge in [0.2, 0.25) is 0 Å². The molecule has 0 saturated carbocycles. The molecule has 0 unspecified atom stereocenters. The molecule has 0 fully saturated rings. The van der Waals surface area contributed by atoms with Crippen molar-refractivity contribution in [1.82, 2.24) is 0 Å². The molecule has 0 aliphatic carbocycles. The second kappa shape index (κ2) is 5.35. The van der Waals surface area contributed by atoms with Crippen LogP contribution in [0.5, 0.6) is 0 Å². The molecule has 0 aliphatic rings. The Bertz CT molecular complexity index is 276. The molecule has 0 radical (unpaired) electrons. The molecule has 0 atom stereocenters. The van der Waals surface area contributed by atoms with Gasteiger partial charge < -0.3 is 4.74 Å². The molecule has 3 heteroatoms. The quantitative estimate of drug-likeness (QED) is 0.742. The number of ether oxygens (including phenoxy) is 1. The van der Waals surface area contributed by atoms with Crippen molar-refractivity contribution in [3.63, 3.8) is 0 Å². The standard InChI is InChI=1S/C10H15BrNO/c1-3-9-5-6-12(7-10(9)11)8-13-4-2/h5-7H,3-4,8H2,1-2H3/q+1. The first kappa shape index (κ1) is 10.7. The number of aromatic nitrogens is 1. The van der Waals surface area contributed by atoms with Crippen LogP contribution in [0.4, 0.5) is 0 Å². The Kier molecular flexibility index (Phi) is 4.39. The Morgan fingerprint density at radius 3 is 2.77 bits per heavy atom. The highest BCUT2D eigenvalue weighted by Gasteiger charge is 2.04. The lowest BCUT2D eigenvalue weighted by atomic mass is 10.2. The number of nitrogens with zero attached hydrogens (tertiary/aromatic N) is 1. The van der Waals surface area contributed by atoms with Gasteiger partial charge in [0.05, 0.1) is 11.1 Å². The zero-order valence-electron chi connectivity index (χ0n) is 8.09. The first-order valence-corrected chi connectivity index (χ1v) is 5.32. The Hall–Kier alpha value is -0.410. The van der Waals surface area contributed by atoms with Crippen molar-refractivity contribution < 1.29 is 9.30 Å². The number of hydrogen-bond acceptors (Lipinski definition) is 1. The Balaban J connectivity index is 2.71. The molecular formula is C10H15BrNO+. The molecule has 1 aromatic rings. The maximum atomic E-state index is 5.29. The van der Waals surface area contributed by atoms with Crippen LogP contribution >= 0.6 is 15.9 Å². The summed E-state index contributed by atoms with van der Waals surface area (Å²) >= 11 is 3.52. The molecule has 1 rings (SSSR count). The summed E-state index contributed by atoms with van der Waals surface area (Å²) in [6.45, 7) is 5.52. The minimum Gasteiger partial charge on any atom is -0.324 e. The number of rotatable bonds is 4. The Morgan fingerprint density at radius 2 is 2.23 bits per heavy atom. The summed E-state index contributed by atoms with van der Waals surface area (Å²) < 4.78 is 8.46. The number of aryl methyl sites for hydroxylation is 1. The van der Waals surface area contributed by atoms with Gasteiger partial charge in [-0.05, 0) is 34.8 Å². The maximum absolute atomic E-state index is 5.29. The summed E-state index contributed by atoms with van der Waals surface area (Å²) in [6, 6.07) is 2.11. The van der Waals surface area contributed by atoms with Gasteiger partial charge in [-0.2, -0.15) is 4.57 Å². The molecule has 0 aromatic carbocycles. The van der Waals surface area contributed by atoms with E-state index in [4.69, 9.17) is 4.74 Å². The van der Waals surface area contributed by atoms with Gasteiger partial charge in [0.15, 0.2) is 12.4 Å². The third-order valence-electron chi connectivity index (χ3n) is 1.88. The second-order valence-electron chi connectivity index (χ2n) is 2.81. The van der Waals surface area contributed by atoms with Gasteiger partial charge in [0.1, 0.15) is 0 Å². The van der Waals surface area contributed by atoms with Gasteiger partial charge in [-0.3, -0.25) is 0 Å². The lowest BCUT2D eigenvalue weighted by Crippen LogP contribution is -2.34. The summed E-state index contributed by atoms with van der Waals surface area (Å²) in [5, 5.41) is 0. The van der Waals surface area contributed by atoms with Crippen molar-refractivity contribution in [2.24, 2.45) is 0 Å². The summed E-state index contributed by atoms with van der Waals surface area (Å²) in [6.07, 6.45) is 5.14. The van der Waals surface area contributed by atoms with Crippen molar-refractivity contribution in [3.8, 4) is 0 Å². The van der Waals surface area contributed by atoms with Crippen molar-refractivity contribution >= 4 is 15.9 Å². The summed E-state index contributed by atoms with van der Waals surface area (Å²) in [5.74, 6) is 0. The van der Waals surface area contributed by atoms with E-state index in [2.05, 4.69) is 35.1 Å². The maximum Gasteiger partial charge on any atom is 0.252 e. The zero-order chi connectivity index (χ0) is 9.68. The molecular weight excluding hydrogens is 230 g/mol. The highest BCUT2D eigenvalue weighted by Crippen LogP contribution is 2.13. The van der Waals surface area contributed by atoms with Crippen molar-refractivity contribution in [2.75, 3.05) is 6.61 Å². The third-order valence-corrected chi connectivity index (χ3v) is 2.59. The van der Waals surface area contributed by atoms with Crippen LogP contribution in [-0.4, -0.2) is 6.61 Å². The predicted octanol–water partition coefficient (Wildman–Crippen LogP) is 2.29. The fourth-order valence-corrected chi connectivity index (χ4v) is 1.78. The van der Waals surface area contributed by atoms with Crippen LogP contribution in [0.3, 0.4) is 0 Å². The molecule has 1 heterocycles. The monoisotopic (exact) mass is 244 g/mol. The highest BCUT2D eigenvalue weighted by atomic mass is 79.9. The van der Waals surface area contributed by atoms with Crippen molar-refractivity contribution in [3.05, 3.63) is 28.5 Å². The molecule has 0 aliphatic heterocycles. The fourth-order valence-electron chi connectivity index (χ4n) is 1.10. The van der Waals surface area contributed by atoms with Gasteiger partial charge in [0.25, 0.3) is 6.73 Å². The van der Waals surface area contributed by atoms with E-state index in [0.29, 0.717) is 6.73 Å².